The second-order valence-corrected chi connectivity index (χ2v) is 9.30. The topological polar surface area (TPSA) is 209 Å². The molecule has 9 N–H and O–H groups in total. The first-order valence-corrected chi connectivity index (χ1v) is 12.6. The van der Waals surface area contributed by atoms with Gasteiger partial charge in [0, 0.05) is 23.5 Å². The fraction of sp³-hybridized carbons (Fsp3) is 0.435. The van der Waals surface area contributed by atoms with Gasteiger partial charge in [0.05, 0.1) is 12.5 Å². The van der Waals surface area contributed by atoms with Crippen LogP contribution in [0.25, 0.3) is 10.9 Å². The Morgan fingerprint density at radius 1 is 1.03 bits per heavy atom. The highest BCUT2D eigenvalue weighted by atomic mass is 32.2. The number of hydrogen-bond acceptors (Lipinski definition) is 7. The molecular weight excluding hydrogens is 488 g/mol. The molecule has 1 aromatic carbocycles. The average molecular weight is 521 g/mol. The summed E-state index contributed by atoms with van der Waals surface area (Å²) in [6.45, 7) is 1.31. The Bertz CT molecular complexity index is 1110. The minimum absolute atomic E-state index is 0.0678. The third kappa shape index (κ3) is 8.27. The number of fused-ring (bicyclic) bond motifs is 1. The van der Waals surface area contributed by atoms with Crippen molar-refractivity contribution in [2.24, 2.45) is 11.5 Å². The highest BCUT2D eigenvalue weighted by Crippen LogP contribution is 2.19. The fourth-order valence-electron chi connectivity index (χ4n) is 3.47. The van der Waals surface area contributed by atoms with Gasteiger partial charge >= 0.3 is 5.97 Å². The Balaban J connectivity index is 2.25. The standard InChI is InChI=1S/C23H32N6O6S/c1-12(23(34)35)27-22(33)18(9-13-11-26-16-6-4-3-5-14(13)16)29-21(32)17(7-8-36-2)28-20(31)15(24)10-19(25)30/h3-6,11-12,15,17-18,26H,7-10,24H2,1-2H3,(H2,25,30)(H,27,33)(H,28,31)(H,29,32)(H,34,35). The molecule has 4 unspecified atom stereocenters. The number of carboxylic acids is 1. The number of H-pyrrole nitrogens is 1. The van der Waals surface area contributed by atoms with Gasteiger partial charge in [-0.1, -0.05) is 18.2 Å². The molecule has 4 atom stereocenters. The van der Waals surface area contributed by atoms with Crippen molar-refractivity contribution < 1.29 is 29.1 Å². The maximum Gasteiger partial charge on any atom is 0.325 e. The zero-order chi connectivity index (χ0) is 26.8. The van der Waals surface area contributed by atoms with Gasteiger partial charge in [0.2, 0.25) is 23.6 Å². The number of primary amides is 1. The molecule has 0 spiro atoms. The number of aromatic amines is 1. The van der Waals surface area contributed by atoms with E-state index in [2.05, 4.69) is 20.9 Å². The van der Waals surface area contributed by atoms with E-state index < -0.39 is 53.8 Å². The van der Waals surface area contributed by atoms with Crippen molar-refractivity contribution in [1.82, 2.24) is 20.9 Å². The molecule has 36 heavy (non-hydrogen) atoms. The summed E-state index contributed by atoms with van der Waals surface area (Å²) >= 11 is 1.45. The van der Waals surface area contributed by atoms with Crippen molar-refractivity contribution in [3.05, 3.63) is 36.0 Å². The fourth-order valence-corrected chi connectivity index (χ4v) is 3.94. The number of para-hydroxylation sites is 1. The van der Waals surface area contributed by atoms with Gasteiger partial charge in [-0.3, -0.25) is 24.0 Å². The summed E-state index contributed by atoms with van der Waals surface area (Å²) in [4.78, 5) is 64.0. The number of aliphatic carboxylic acids is 1. The van der Waals surface area contributed by atoms with Crippen LogP contribution in [-0.4, -0.2) is 75.9 Å². The second kappa shape index (κ2) is 13.5. The molecule has 4 amide bonds. The number of carbonyl (C=O) groups excluding carboxylic acids is 4. The molecule has 2 aromatic rings. The van der Waals surface area contributed by atoms with Crippen LogP contribution in [0.3, 0.4) is 0 Å². The van der Waals surface area contributed by atoms with E-state index in [1.165, 1.54) is 18.7 Å². The zero-order valence-corrected chi connectivity index (χ0v) is 20.9. The van der Waals surface area contributed by atoms with E-state index in [0.29, 0.717) is 5.75 Å². The predicted octanol–water partition coefficient (Wildman–Crippen LogP) is -0.775. The van der Waals surface area contributed by atoms with Gasteiger partial charge in [-0.05, 0) is 37.0 Å². The summed E-state index contributed by atoms with van der Waals surface area (Å²) in [5.41, 5.74) is 12.4. The normalized spacial score (nSPS) is 14.3. The Hall–Kier alpha value is -3.58. The van der Waals surface area contributed by atoms with Gasteiger partial charge in [0.1, 0.15) is 18.1 Å². The Kier molecular flexibility index (Phi) is 10.7. The number of rotatable bonds is 14. The number of thioether (sulfide) groups is 1. The van der Waals surface area contributed by atoms with Crippen LogP contribution < -0.4 is 27.4 Å². The van der Waals surface area contributed by atoms with Gasteiger partial charge in [-0.15, -0.1) is 0 Å². The van der Waals surface area contributed by atoms with Crippen molar-refractivity contribution in [2.75, 3.05) is 12.0 Å². The van der Waals surface area contributed by atoms with Gasteiger partial charge < -0.3 is 37.5 Å². The molecule has 13 heteroatoms. The molecule has 12 nitrogen and oxygen atoms in total. The summed E-state index contributed by atoms with van der Waals surface area (Å²) in [7, 11) is 0. The largest absolute Gasteiger partial charge is 0.480 e. The lowest BCUT2D eigenvalue weighted by atomic mass is 10.0. The molecule has 0 aliphatic heterocycles. The van der Waals surface area contributed by atoms with Crippen LogP contribution in [0.4, 0.5) is 0 Å². The molecule has 0 aliphatic rings. The molecule has 1 heterocycles. The molecule has 2 rings (SSSR count). The van der Waals surface area contributed by atoms with Crippen LogP contribution in [0.15, 0.2) is 30.5 Å². The van der Waals surface area contributed by atoms with Crippen LogP contribution in [0.2, 0.25) is 0 Å². The minimum Gasteiger partial charge on any atom is -0.480 e. The van der Waals surface area contributed by atoms with Crippen molar-refractivity contribution in [3.8, 4) is 0 Å². The monoisotopic (exact) mass is 520 g/mol. The molecular formula is C23H32N6O6S. The average Bonchev–Trinajstić information content (AvgIpc) is 3.23. The number of carboxylic acid groups (broad SMARTS) is 1. The Morgan fingerprint density at radius 2 is 1.67 bits per heavy atom. The molecule has 1 aromatic heterocycles. The highest BCUT2D eigenvalue weighted by molar-refractivity contribution is 7.98. The first-order valence-electron chi connectivity index (χ1n) is 11.2. The third-order valence-corrected chi connectivity index (χ3v) is 6.11. The van der Waals surface area contributed by atoms with E-state index in [0.717, 1.165) is 16.5 Å². The van der Waals surface area contributed by atoms with Crippen molar-refractivity contribution in [3.63, 3.8) is 0 Å². The van der Waals surface area contributed by atoms with Crippen LogP contribution >= 0.6 is 11.8 Å². The summed E-state index contributed by atoms with van der Waals surface area (Å²) < 4.78 is 0. The van der Waals surface area contributed by atoms with Crippen LogP contribution in [0, 0.1) is 0 Å². The number of carbonyl (C=O) groups is 5. The first kappa shape index (κ1) is 28.7. The molecule has 196 valence electrons. The van der Waals surface area contributed by atoms with E-state index >= 15 is 0 Å². The summed E-state index contributed by atoms with van der Waals surface area (Å²) in [5.74, 6) is -3.54. The molecule has 0 bridgehead atoms. The van der Waals surface area contributed by atoms with E-state index in [4.69, 9.17) is 11.5 Å². The van der Waals surface area contributed by atoms with Crippen molar-refractivity contribution in [1.29, 1.82) is 0 Å². The lowest BCUT2D eigenvalue weighted by Gasteiger charge is -2.24. The maximum absolute atomic E-state index is 13.2. The number of nitrogens with two attached hydrogens (primary N) is 2. The minimum atomic E-state index is -1.23. The molecule has 0 radical (unpaired) electrons. The maximum atomic E-state index is 13.2. The lowest BCUT2D eigenvalue weighted by molar-refractivity contribution is -0.141. The van der Waals surface area contributed by atoms with Crippen LogP contribution in [-0.2, 0) is 30.4 Å². The van der Waals surface area contributed by atoms with Gasteiger partial charge in [0.25, 0.3) is 0 Å². The molecule has 0 saturated carbocycles. The molecule has 0 aliphatic carbocycles. The first-order chi connectivity index (χ1) is 17.0. The quantitative estimate of drug-likeness (QED) is 0.168. The lowest BCUT2D eigenvalue weighted by Crippen LogP contribution is -2.57. The Labute approximate surface area is 212 Å². The van der Waals surface area contributed by atoms with Gasteiger partial charge in [-0.2, -0.15) is 11.8 Å². The van der Waals surface area contributed by atoms with E-state index in [9.17, 15) is 29.1 Å². The number of amides is 4. The van der Waals surface area contributed by atoms with Gasteiger partial charge in [0.15, 0.2) is 0 Å². The van der Waals surface area contributed by atoms with Crippen LogP contribution in [0.1, 0.15) is 25.3 Å². The molecule has 0 saturated heterocycles. The summed E-state index contributed by atoms with van der Waals surface area (Å²) in [6.07, 6.45) is 3.46. The number of aromatic nitrogens is 1. The SMILES string of the molecule is CSCCC(NC(=O)C(N)CC(N)=O)C(=O)NC(Cc1c[nH]c2ccccc12)C(=O)NC(C)C(=O)O. The van der Waals surface area contributed by atoms with Crippen molar-refractivity contribution in [2.45, 2.75) is 50.4 Å². The third-order valence-electron chi connectivity index (χ3n) is 5.46. The number of benzene rings is 1. The summed E-state index contributed by atoms with van der Waals surface area (Å²) in [6, 6.07) is 2.83. The molecule has 0 fully saturated rings. The van der Waals surface area contributed by atoms with E-state index in [1.54, 1.807) is 6.20 Å². The van der Waals surface area contributed by atoms with E-state index in [-0.39, 0.29) is 19.3 Å². The van der Waals surface area contributed by atoms with E-state index in [1.807, 2.05) is 30.5 Å². The van der Waals surface area contributed by atoms with Gasteiger partial charge in [-0.25, -0.2) is 0 Å². The predicted molar refractivity (Wildman–Crippen MR) is 136 cm³/mol. The zero-order valence-electron chi connectivity index (χ0n) is 20.1. The smallest absolute Gasteiger partial charge is 0.325 e. The number of nitrogens with one attached hydrogen (secondary N) is 4. The second-order valence-electron chi connectivity index (χ2n) is 8.31. The Morgan fingerprint density at radius 3 is 2.31 bits per heavy atom. The summed E-state index contributed by atoms with van der Waals surface area (Å²) in [5, 5.41) is 17.6. The number of hydrogen-bond donors (Lipinski definition) is 7. The van der Waals surface area contributed by atoms with Crippen molar-refractivity contribution >= 4 is 52.3 Å². The highest BCUT2D eigenvalue weighted by Gasteiger charge is 2.30. The van der Waals surface area contributed by atoms with Crippen LogP contribution in [0.5, 0.6) is 0 Å².